The molecule has 3 rings (SSSR count). The van der Waals surface area contributed by atoms with Crippen LogP contribution in [-0.2, 0) is 0 Å². The van der Waals surface area contributed by atoms with Gasteiger partial charge in [0, 0.05) is 0 Å². The van der Waals surface area contributed by atoms with Gasteiger partial charge in [0.15, 0.2) is 0 Å². The van der Waals surface area contributed by atoms with E-state index in [1.807, 2.05) is 0 Å². The Morgan fingerprint density at radius 2 is 1.68 bits per heavy atom. The van der Waals surface area contributed by atoms with E-state index in [0.717, 1.165) is 55.2 Å². The first-order valence-electron chi connectivity index (χ1n) is 10.4. The van der Waals surface area contributed by atoms with Gasteiger partial charge < -0.3 is 4.74 Å². The highest BCUT2D eigenvalue weighted by atomic mass is 19.4. The molecule has 1 atom stereocenters. The lowest BCUT2D eigenvalue weighted by Gasteiger charge is -2.25. The lowest BCUT2D eigenvalue weighted by Crippen LogP contribution is -2.17. The maximum Gasteiger partial charge on any atom is 0.573 e. The van der Waals surface area contributed by atoms with Crippen molar-refractivity contribution >= 4 is 0 Å². The van der Waals surface area contributed by atoms with Crippen LogP contribution < -0.4 is 4.74 Å². The molecule has 0 heterocycles. The van der Waals surface area contributed by atoms with Crippen molar-refractivity contribution in [1.82, 2.24) is 0 Å². The van der Waals surface area contributed by atoms with Gasteiger partial charge in [0.25, 0.3) is 0 Å². The van der Waals surface area contributed by atoms with Crippen molar-refractivity contribution in [2.45, 2.75) is 77.0 Å². The third kappa shape index (κ3) is 5.30. The summed E-state index contributed by atoms with van der Waals surface area (Å²) in [5.41, 5.74) is 4.38. The molecule has 1 unspecified atom stereocenters. The van der Waals surface area contributed by atoms with Crippen LogP contribution in [0.5, 0.6) is 5.75 Å². The topological polar surface area (TPSA) is 9.23 Å². The van der Waals surface area contributed by atoms with Gasteiger partial charge in [0.2, 0.25) is 0 Å². The van der Waals surface area contributed by atoms with Gasteiger partial charge in [-0.3, -0.25) is 0 Å². The zero-order valence-corrected chi connectivity index (χ0v) is 16.7. The minimum absolute atomic E-state index is 0.120. The van der Waals surface area contributed by atoms with E-state index in [0.29, 0.717) is 11.8 Å². The molecule has 2 aromatic rings. The molecule has 1 saturated carbocycles. The van der Waals surface area contributed by atoms with Gasteiger partial charge in [-0.25, -0.2) is 0 Å². The first kappa shape index (κ1) is 20.8. The molecule has 0 radical (unpaired) electrons. The van der Waals surface area contributed by atoms with E-state index in [4.69, 9.17) is 0 Å². The van der Waals surface area contributed by atoms with Gasteiger partial charge in [0.1, 0.15) is 5.75 Å². The third-order valence-electron chi connectivity index (χ3n) is 5.81. The van der Waals surface area contributed by atoms with Crippen LogP contribution in [0.25, 0.3) is 11.1 Å². The number of hydrogen-bond acceptors (Lipinski definition) is 1. The van der Waals surface area contributed by atoms with E-state index in [9.17, 15) is 13.2 Å². The second-order valence-electron chi connectivity index (χ2n) is 7.94. The summed E-state index contributed by atoms with van der Waals surface area (Å²) in [5.74, 6) is 0.684. The van der Waals surface area contributed by atoms with E-state index in [1.54, 1.807) is 12.1 Å². The highest BCUT2D eigenvalue weighted by Crippen LogP contribution is 2.41. The lowest BCUT2D eigenvalue weighted by atomic mass is 9.80. The summed E-state index contributed by atoms with van der Waals surface area (Å²) < 4.78 is 42.3. The molecule has 1 aliphatic carbocycles. The van der Waals surface area contributed by atoms with Gasteiger partial charge in [-0.05, 0) is 65.5 Å². The smallest absolute Gasteiger partial charge is 0.406 e. The van der Waals surface area contributed by atoms with Crippen molar-refractivity contribution in [1.29, 1.82) is 0 Å². The molecular formula is C24H29F3O. The first-order valence-corrected chi connectivity index (χ1v) is 10.4. The number of halogens is 3. The predicted octanol–water partition coefficient (Wildman–Crippen LogP) is 8.20. The molecule has 28 heavy (non-hydrogen) atoms. The van der Waals surface area contributed by atoms with Crippen LogP contribution in [-0.4, -0.2) is 6.36 Å². The molecule has 0 aliphatic heterocycles. The van der Waals surface area contributed by atoms with Crippen molar-refractivity contribution in [2.24, 2.45) is 0 Å². The Morgan fingerprint density at radius 1 is 1.00 bits per heavy atom. The summed E-state index contributed by atoms with van der Waals surface area (Å²) in [4.78, 5) is 0. The number of alkyl halides is 3. The largest absolute Gasteiger partial charge is 0.573 e. The fourth-order valence-corrected chi connectivity index (χ4v) is 4.34. The van der Waals surface area contributed by atoms with Crippen molar-refractivity contribution in [3.63, 3.8) is 0 Å². The second-order valence-corrected chi connectivity index (χ2v) is 7.94. The Balaban J connectivity index is 1.94. The zero-order valence-electron chi connectivity index (χ0n) is 16.7. The molecule has 4 heteroatoms. The molecule has 0 amide bonds. The van der Waals surface area contributed by atoms with Crippen molar-refractivity contribution in [2.75, 3.05) is 0 Å². The molecule has 0 N–H and O–H groups in total. The normalized spacial score (nSPS) is 16.8. The van der Waals surface area contributed by atoms with Crippen LogP contribution in [0.1, 0.15) is 81.8 Å². The summed E-state index contributed by atoms with van der Waals surface area (Å²) in [7, 11) is 0. The minimum atomic E-state index is -4.66. The number of ether oxygens (including phenoxy) is 1. The fourth-order valence-electron chi connectivity index (χ4n) is 4.34. The van der Waals surface area contributed by atoms with Crippen LogP contribution >= 0.6 is 0 Å². The van der Waals surface area contributed by atoms with E-state index < -0.39 is 6.36 Å². The van der Waals surface area contributed by atoms with Gasteiger partial charge in [-0.1, -0.05) is 69.9 Å². The second kappa shape index (κ2) is 9.02. The molecule has 0 bridgehead atoms. The number of rotatable bonds is 6. The first-order chi connectivity index (χ1) is 13.4. The third-order valence-corrected chi connectivity index (χ3v) is 5.81. The van der Waals surface area contributed by atoms with E-state index >= 15 is 0 Å². The Morgan fingerprint density at radius 3 is 2.29 bits per heavy atom. The summed E-state index contributed by atoms with van der Waals surface area (Å²) in [6.45, 7) is 4.42. The Bertz CT molecular complexity index is 758. The maximum atomic E-state index is 12.7. The molecule has 0 aromatic heterocycles. The Kier molecular flexibility index (Phi) is 6.69. The molecule has 1 nitrogen and oxygen atoms in total. The summed E-state index contributed by atoms with van der Waals surface area (Å²) in [6, 6.07) is 13.3. The van der Waals surface area contributed by atoms with Crippen LogP contribution in [0.3, 0.4) is 0 Å². The Hall–Kier alpha value is -1.97. The molecule has 2 aromatic carbocycles. The average molecular weight is 390 g/mol. The monoisotopic (exact) mass is 390 g/mol. The van der Waals surface area contributed by atoms with Crippen LogP contribution in [0.4, 0.5) is 13.2 Å². The molecule has 152 valence electrons. The van der Waals surface area contributed by atoms with E-state index in [2.05, 4.69) is 42.8 Å². The minimum Gasteiger partial charge on any atom is -0.406 e. The van der Waals surface area contributed by atoms with Crippen LogP contribution in [0.2, 0.25) is 0 Å². The Labute approximate surface area is 165 Å². The van der Waals surface area contributed by atoms with Crippen molar-refractivity contribution < 1.29 is 17.9 Å². The van der Waals surface area contributed by atoms with Gasteiger partial charge in [-0.15, -0.1) is 13.2 Å². The predicted molar refractivity (Wildman–Crippen MR) is 108 cm³/mol. The lowest BCUT2D eigenvalue weighted by molar-refractivity contribution is -0.274. The summed E-state index contributed by atoms with van der Waals surface area (Å²) in [6.07, 6.45) is 3.13. The average Bonchev–Trinajstić information content (AvgIpc) is 2.68. The highest BCUT2D eigenvalue weighted by Gasteiger charge is 2.31. The van der Waals surface area contributed by atoms with Crippen molar-refractivity contribution in [3.8, 4) is 16.9 Å². The molecular weight excluding hydrogens is 361 g/mol. The molecule has 1 fully saturated rings. The van der Waals surface area contributed by atoms with Crippen LogP contribution in [0, 0.1) is 0 Å². The van der Waals surface area contributed by atoms with Crippen molar-refractivity contribution in [3.05, 3.63) is 53.6 Å². The standard InChI is InChI=1S/C24H29F3O/c1-3-7-17(2)18-10-12-20(13-11-18)22-15-14-21(28-24(25,26)27)16-23(22)19-8-5-4-6-9-19/h10-17,19H,3-9H2,1-2H3. The van der Waals surface area contributed by atoms with Gasteiger partial charge in [-0.2, -0.15) is 0 Å². The quantitative estimate of drug-likeness (QED) is 0.483. The summed E-state index contributed by atoms with van der Waals surface area (Å²) >= 11 is 0. The van der Waals surface area contributed by atoms with Gasteiger partial charge >= 0.3 is 6.36 Å². The molecule has 0 spiro atoms. The number of benzene rings is 2. The number of hydrogen-bond donors (Lipinski definition) is 0. The highest BCUT2D eigenvalue weighted by molar-refractivity contribution is 5.69. The SMILES string of the molecule is CCCC(C)c1ccc(-c2ccc(OC(F)(F)F)cc2C2CCCCC2)cc1. The van der Waals surface area contributed by atoms with E-state index in [-0.39, 0.29) is 5.75 Å². The molecule has 1 aliphatic rings. The fraction of sp³-hybridized carbons (Fsp3) is 0.500. The van der Waals surface area contributed by atoms with E-state index in [1.165, 1.54) is 18.1 Å². The molecule has 0 saturated heterocycles. The zero-order chi connectivity index (χ0) is 20.1. The maximum absolute atomic E-state index is 12.7. The summed E-state index contributed by atoms with van der Waals surface area (Å²) in [5, 5.41) is 0. The van der Waals surface area contributed by atoms with Crippen LogP contribution in [0.15, 0.2) is 42.5 Å². The van der Waals surface area contributed by atoms with Gasteiger partial charge in [0.05, 0.1) is 0 Å².